The maximum atomic E-state index is 13.6. The maximum absolute atomic E-state index is 13.6. The van der Waals surface area contributed by atoms with Crippen molar-refractivity contribution in [3.8, 4) is 5.75 Å². The first-order valence-corrected chi connectivity index (χ1v) is 11.6. The average Bonchev–Trinajstić information content (AvgIpc) is 3.29. The summed E-state index contributed by atoms with van der Waals surface area (Å²) in [5.41, 5.74) is 1.29. The van der Waals surface area contributed by atoms with Crippen molar-refractivity contribution in [3.05, 3.63) is 65.7 Å². The van der Waals surface area contributed by atoms with Gasteiger partial charge in [-0.05, 0) is 29.8 Å². The third kappa shape index (κ3) is 6.39. The van der Waals surface area contributed by atoms with Crippen molar-refractivity contribution in [1.29, 1.82) is 0 Å². The molecule has 0 radical (unpaired) electrons. The number of anilines is 2. The number of methoxy groups -OCH3 is 1. The molecule has 2 N–H and O–H groups in total. The lowest BCUT2D eigenvalue weighted by Gasteiger charge is -2.34. The van der Waals surface area contributed by atoms with Crippen LogP contribution in [0, 0.1) is 5.82 Å². The number of halogens is 1. The van der Waals surface area contributed by atoms with Gasteiger partial charge in [0.1, 0.15) is 17.4 Å². The highest BCUT2D eigenvalue weighted by molar-refractivity contribution is 7.09. The van der Waals surface area contributed by atoms with Crippen molar-refractivity contribution in [2.24, 2.45) is 0 Å². The van der Waals surface area contributed by atoms with Gasteiger partial charge in [0, 0.05) is 57.2 Å². The predicted octanol–water partition coefficient (Wildman–Crippen LogP) is 3.22. The molecule has 0 unspecified atom stereocenters. The van der Waals surface area contributed by atoms with E-state index in [-0.39, 0.29) is 5.69 Å². The van der Waals surface area contributed by atoms with Crippen LogP contribution < -0.4 is 20.3 Å². The summed E-state index contributed by atoms with van der Waals surface area (Å²) in [7, 11) is 1.66. The molecule has 4 rings (SSSR count). The van der Waals surface area contributed by atoms with E-state index in [2.05, 4.69) is 24.8 Å². The number of nitrogens with zero attached hydrogens (tertiary/aromatic N) is 4. The summed E-state index contributed by atoms with van der Waals surface area (Å²) in [5, 5.41) is 6.25. The molecule has 0 aliphatic carbocycles. The van der Waals surface area contributed by atoms with E-state index in [0.717, 1.165) is 55.0 Å². The van der Waals surface area contributed by atoms with Gasteiger partial charge in [-0.25, -0.2) is 14.2 Å². The van der Waals surface area contributed by atoms with Crippen molar-refractivity contribution in [2.45, 2.75) is 6.42 Å². The average molecular weight is 471 g/mol. The lowest BCUT2D eigenvalue weighted by molar-refractivity contribution is 0.240. The molecule has 10 heteroatoms. The molecule has 33 heavy (non-hydrogen) atoms. The Morgan fingerprint density at radius 1 is 1.15 bits per heavy atom. The molecule has 1 saturated heterocycles. The van der Waals surface area contributed by atoms with E-state index in [1.807, 2.05) is 24.3 Å². The fourth-order valence-electron chi connectivity index (χ4n) is 3.63. The summed E-state index contributed by atoms with van der Waals surface area (Å²) in [6.45, 7) is 4.69. The van der Waals surface area contributed by atoms with Gasteiger partial charge in [-0.3, -0.25) is 4.90 Å². The van der Waals surface area contributed by atoms with Crippen LogP contribution >= 0.6 is 11.5 Å². The Morgan fingerprint density at radius 3 is 2.76 bits per heavy atom. The number of para-hydroxylation sites is 1. The van der Waals surface area contributed by atoms with Crippen LogP contribution in [0.4, 0.5) is 20.0 Å². The van der Waals surface area contributed by atoms with Crippen molar-refractivity contribution in [2.75, 3.05) is 56.6 Å². The van der Waals surface area contributed by atoms with Crippen LogP contribution in [0.15, 0.2) is 48.5 Å². The Balaban J connectivity index is 1.18. The molecular weight excluding hydrogens is 443 g/mol. The minimum Gasteiger partial charge on any atom is -0.497 e. The molecule has 0 atom stereocenters. The lowest BCUT2D eigenvalue weighted by Crippen LogP contribution is -2.48. The highest BCUT2D eigenvalue weighted by Gasteiger charge is 2.20. The molecule has 1 fully saturated rings. The van der Waals surface area contributed by atoms with Crippen LogP contribution in [0.2, 0.25) is 0 Å². The molecule has 2 aromatic carbocycles. The topological polar surface area (TPSA) is 82.6 Å². The molecule has 174 valence electrons. The fraction of sp³-hybridized carbons (Fsp3) is 0.348. The van der Waals surface area contributed by atoms with E-state index in [9.17, 15) is 9.18 Å². The van der Waals surface area contributed by atoms with Crippen LogP contribution in [0.5, 0.6) is 5.75 Å². The van der Waals surface area contributed by atoms with Gasteiger partial charge in [-0.2, -0.15) is 4.37 Å². The van der Waals surface area contributed by atoms with Crippen LogP contribution in [0.1, 0.15) is 11.4 Å². The standard InChI is InChI=1S/C23H27FN6O2S/c1-32-18-6-4-5-17(15-18)16-21-27-23(33-28-21)30-13-11-29(12-14-30)10-9-25-22(31)26-20-8-3-2-7-19(20)24/h2-8,15H,9-14,16H2,1H3,(H2,25,26,31). The number of nitrogens with one attached hydrogen (secondary N) is 2. The van der Waals surface area contributed by atoms with Crippen LogP contribution in [0.3, 0.4) is 0 Å². The molecule has 8 nitrogen and oxygen atoms in total. The summed E-state index contributed by atoms with van der Waals surface area (Å²) in [5.74, 6) is 1.20. The second-order valence-electron chi connectivity index (χ2n) is 7.71. The van der Waals surface area contributed by atoms with Gasteiger partial charge in [0.25, 0.3) is 0 Å². The van der Waals surface area contributed by atoms with Crippen molar-refractivity contribution in [1.82, 2.24) is 19.6 Å². The van der Waals surface area contributed by atoms with Crippen molar-refractivity contribution >= 4 is 28.4 Å². The number of hydrogen-bond acceptors (Lipinski definition) is 7. The van der Waals surface area contributed by atoms with Crippen molar-refractivity contribution < 1.29 is 13.9 Å². The summed E-state index contributed by atoms with van der Waals surface area (Å²) >= 11 is 1.43. The Hall–Kier alpha value is -3.24. The van der Waals surface area contributed by atoms with E-state index < -0.39 is 11.8 Å². The van der Waals surface area contributed by atoms with Crippen LogP contribution in [0.25, 0.3) is 0 Å². The predicted molar refractivity (Wildman–Crippen MR) is 128 cm³/mol. The van der Waals surface area contributed by atoms with Crippen molar-refractivity contribution in [3.63, 3.8) is 0 Å². The first-order chi connectivity index (χ1) is 16.1. The van der Waals surface area contributed by atoms with Crippen LogP contribution in [-0.4, -0.2) is 66.7 Å². The molecule has 1 aromatic heterocycles. The SMILES string of the molecule is COc1cccc(Cc2nsc(N3CCN(CCNC(=O)Nc4ccccc4F)CC3)n2)c1. The van der Waals surface area contributed by atoms with Gasteiger partial charge in [0.2, 0.25) is 5.13 Å². The van der Waals surface area contributed by atoms with E-state index in [1.54, 1.807) is 19.2 Å². The van der Waals surface area contributed by atoms with Gasteiger partial charge in [-0.1, -0.05) is 24.3 Å². The second kappa shape index (κ2) is 11.1. The molecule has 3 aromatic rings. The lowest BCUT2D eigenvalue weighted by atomic mass is 10.1. The number of rotatable bonds is 8. The summed E-state index contributed by atoms with van der Waals surface area (Å²) < 4.78 is 23.4. The largest absolute Gasteiger partial charge is 0.497 e. The first-order valence-electron chi connectivity index (χ1n) is 10.8. The molecular formula is C23H27FN6O2S. The number of aromatic nitrogens is 2. The van der Waals surface area contributed by atoms with E-state index in [0.29, 0.717) is 13.0 Å². The first kappa shape index (κ1) is 22.9. The molecule has 2 amide bonds. The Labute approximate surface area is 196 Å². The Bertz CT molecular complexity index is 1070. The number of hydrogen-bond donors (Lipinski definition) is 2. The number of carbonyl (C=O) groups is 1. The summed E-state index contributed by atoms with van der Waals surface area (Å²) in [6.07, 6.45) is 0.675. The number of ether oxygens (including phenoxy) is 1. The molecule has 0 spiro atoms. The smallest absolute Gasteiger partial charge is 0.319 e. The number of piperazine rings is 1. The molecule has 0 bridgehead atoms. The molecule has 1 aliphatic heterocycles. The zero-order valence-electron chi connectivity index (χ0n) is 18.5. The zero-order chi connectivity index (χ0) is 23.0. The van der Waals surface area contributed by atoms with Crippen LogP contribution in [-0.2, 0) is 6.42 Å². The summed E-state index contributed by atoms with van der Waals surface area (Å²) in [6, 6.07) is 13.7. The van der Waals surface area contributed by atoms with Gasteiger partial charge in [-0.15, -0.1) is 0 Å². The number of benzene rings is 2. The highest BCUT2D eigenvalue weighted by Crippen LogP contribution is 2.21. The quantitative estimate of drug-likeness (QED) is 0.526. The van der Waals surface area contributed by atoms with E-state index in [4.69, 9.17) is 9.72 Å². The second-order valence-corrected chi connectivity index (χ2v) is 8.44. The molecule has 1 aliphatic rings. The van der Waals surface area contributed by atoms with E-state index >= 15 is 0 Å². The third-order valence-corrected chi connectivity index (χ3v) is 6.25. The fourth-order valence-corrected chi connectivity index (χ4v) is 4.37. The zero-order valence-corrected chi connectivity index (χ0v) is 19.3. The number of urea groups is 1. The molecule has 2 heterocycles. The van der Waals surface area contributed by atoms with Gasteiger partial charge >= 0.3 is 6.03 Å². The monoisotopic (exact) mass is 470 g/mol. The molecule has 0 saturated carbocycles. The third-order valence-electron chi connectivity index (χ3n) is 5.43. The minimum absolute atomic E-state index is 0.173. The normalized spacial score (nSPS) is 14.2. The van der Waals surface area contributed by atoms with Gasteiger partial charge in [0.15, 0.2) is 0 Å². The minimum atomic E-state index is -0.452. The van der Waals surface area contributed by atoms with E-state index in [1.165, 1.54) is 23.7 Å². The number of amides is 2. The van der Waals surface area contributed by atoms with Gasteiger partial charge < -0.3 is 20.3 Å². The Morgan fingerprint density at radius 2 is 1.97 bits per heavy atom. The summed E-state index contributed by atoms with van der Waals surface area (Å²) in [4.78, 5) is 21.2. The maximum Gasteiger partial charge on any atom is 0.319 e. The Kier molecular flexibility index (Phi) is 7.69. The van der Waals surface area contributed by atoms with Gasteiger partial charge in [0.05, 0.1) is 12.8 Å². The highest BCUT2D eigenvalue weighted by atomic mass is 32.1. The number of carbonyl (C=O) groups excluding carboxylic acids is 1.